The summed E-state index contributed by atoms with van der Waals surface area (Å²) in [6.07, 6.45) is 0.897. The molecule has 2 rings (SSSR count). The highest BCUT2D eigenvalue weighted by molar-refractivity contribution is 5.59. The van der Waals surface area contributed by atoms with Crippen molar-refractivity contribution in [3.05, 3.63) is 48.0 Å². The number of benzene rings is 2. The van der Waals surface area contributed by atoms with Crippen LogP contribution in [0.25, 0.3) is 0 Å². The van der Waals surface area contributed by atoms with Gasteiger partial charge in [0.15, 0.2) is 0 Å². The minimum absolute atomic E-state index is 0.669. The highest BCUT2D eigenvalue weighted by Crippen LogP contribution is 2.28. The van der Waals surface area contributed by atoms with Gasteiger partial charge >= 0.3 is 0 Å². The Morgan fingerprint density at radius 2 is 1.82 bits per heavy atom. The van der Waals surface area contributed by atoms with Gasteiger partial charge in [-0.15, -0.1) is 0 Å². The van der Waals surface area contributed by atoms with Gasteiger partial charge in [0.05, 0.1) is 26.5 Å². The van der Waals surface area contributed by atoms with E-state index >= 15 is 0 Å². The van der Waals surface area contributed by atoms with Crippen molar-refractivity contribution in [2.24, 2.45) is 0 Å². The molecule has 0 amide bonds. The van der Waals surface area contributed by atoms with Crippen molar-refractivity contribution >= 4 is 5.69 Å². The van der Waals surface area contributed by atoms with Crippen LogP contribution in [0.5, 0.6) is 17.2 Å². The molecule has 2 aromatic rings. The number of hydrogen-bond acceptors (Lipinski definition) is 4. The molecule has 1 N–H and O–H groups in total. The number of nitrogens with one attached hydrogen (secondary N) is 1. The molecular weight excluding hydrogens is 278 g/mol. The number of methoxy groups -OCH3 is 2. The first kappa shape index (κ1) is 16.0. The Bertz CT molecular complexity index is 599. The average molecular weight is 301 g/mol. The van der Waals surface area contributed by atoms with E-state index in [-0.39, 0.29) is 0 Å². The van der Waals surface area contributed by atoms with E-state index in [9.17, 15) is 0 Å². The Morgan fingerprint density at radius 3 is 2.55 bits per heavy atom. The van der Waals surface area contributed by atoms with Crippen molar-refractivity contribution in [1.82, 2.24) is 0 Å². The van der Waals surface area contributed by atoms with Crippen molar-refractivity contribution in [1.29, 1.82) is 0 Å². The molecule has 0 aliphatic rings. The van der Waals surface area contributed by atoms with Gasteiger partial charge in [0.1, 0.15) is 17.2 Å². The smallest absolute Gasteiger partial charge is 0.142 e. The van der Waals surface area contributed by atoms with Crippen molar-refractivity contribution in [2.75, 3.05) is 32.7 Å². The number of anilines is 1. The summed E-state index contributed by atoms with van der Waals surface area (Å²) in [5.41, 5.74) is 2.13. The third-order valence-electron chi connectivity index (χ3n) is 3.30. The van der Waals surface area contributed by atoms with Gasteiger partial charge in [-0.2, -0.15) is 0 Å². The summed E-state index contributed by atoms with van der Waals surface area (Å²) in [7, 11) is 3.31. The summed E-state index contributed by atoms with van der Waals surface area (Å²) in [4.78, 5) is 0. The van der Waals surface area contributed by atoms with E-state index in [1.165, 1.54) is 5.56 Å². The molecule has 0 saturated heterocycles. The molecule has 0 aromatic heterocycles. The molecule has 0 aliphatic heterocycles. The molecule has 2 aromatic carbocycles. The lowest BCUT2D eigenvalue weighted by molar-refractivity contribution is 0.314. The normalized spacial score (nSPS) is 10.1. The van der Waals surface area contributed by atoms with E-state index < -0.39 is 0 Å². The van der Waals surface area contributed by atoms with Gasteiger partial charge < -0.3 is 19.5 Å². The second-order valence-corrected chi connectivity index (χ2v) is 5.01. The van der Waals surface area contributed by atoms with Crippen LogP contribution in [0.3, 0.4) is 0 Å². The van der Waals surface area contributed by atoms with E-state index in [1.807, 2.05) is 36.4 Å². The van der Waals surface area contributed by atoms with Crippen LogP contribution in [0.2, 0.25) is 0 Å². The van der Waals surface area contributed by atoms with E-state index in [0.717, 1.165) is 35.9 Å². The van der Waals surface area contributed by atoms with Gasteiger partial charge in [-0.05, 0) is 43.2 Å². The molecule has 118 valence electrons. The lowest BCUT2D eigenvalue weighted by Crippen LogP contribution is -2.08. The summed E-state index contributed by atoms with van der Waals surface area (Å²) in [6.45, 7) is 3.53. The summed E-state index contributed by atoms with van der Waals surface area (Å²) in [6, 6.07) is 13.8. The topological polar surface area (TPSA) is 39.7 Å². The first-order valence-corrected chi connectivity index (χ1v) is 7.38. The zero-order chi connectivity index (χ0) is 15.8. The van der Waals surface area contributed by atoms with Crippen molar-refractivity contribution < 1.29 is 14.2 Å². The molecule has 0 heterocycles. The van der Waals surface area contributed by atoms with Crippen molar-refractivity contribution in [3.63, 3.8) is 0 Å². The molecule has 0 bridgehead atoms. The van der Waals surface area contributed by atoms with Crippen LogP contribution < -0.4 is 19.5 Å². The summed E-state index contributed by atoms with van der Waals surface area (Å²) in [5, 5.41) is 3.35. The van der Waals surface area contributed by atoms with Crippen LogP contribution >= 0.6 is 0 Å². The Kier molecular flexibility index (Phi) is 5.95. The first-order chi connectivity index (χ1) is 10.7. The monoisotopic (exact) mass is 301 g/mol. The van der Waals surface area contributed by atoms with Crippen LogP contribution in [-0.2, 0) is 0 Å². The highest BCUT2D eigenvalue weighted by atomic mass is 16.5. The molecule has 0 radical (unpaired) electrons. The molecular formula is C18H23NO3. The molecule has 0 saturated carbocycles. The fourth-order valence-electron chi connectivity index (χ4n) is 2.14. The summed E-state index contributed by atoms with van der Waals surface area (Å²) in [5.74, 6) is 2.53. The predicted octanol–water partition coefficient (Wildman–Crippen LogP) is 3.89. The fraction of sp³-hybridized carbons (Fsp3) is 0.333. The lowest BCUT2D eigenvalue weighted by Gasteiger charge is -2.13. The zero-order valence-corrected chi connectivity index (χ0v) is 13.4. The van der Waals surface area contributed by atoms with Gasteiger partial charge in [-0.3, -0.25) is 0 Å². The summed E-state index contributed by atoms with van der Waals surface area (Å²) < 4.78 is 16.3. The largest absolute Gasteiger partial charge is 0.497 e. The molecule has 0 atom stereocenters. The highest BCUT2D eigenvalue weighted by Gasteiger charge is 2.04. The molecule has 22 heavy (non-hydrogen) atoms. The number of aryl methyl sites for hydroxylation is 1. The second-order valence-electron chi connectivity index (χ2n) is 5.01. The molecule has 4 heteroatoms. The van der Waals surface area contributed by atoms with E-state index in [0.29, 0.717) is 6.61 Å². The average Bonchev–Trinajstić information content (AvgIpc) is 2.54. The van der Waals surface area contributed by atoms with Crippen molar-refractivity contribution in [3.8, 4) is 17.2 Å². The maximum atomic E-state index is 5.73. The number of ether oxygens (including phenoxy) is 3. The minimum Gasteiger partial charge on any atom is -0.497 e. The fourth-order valence-corrected chi connectivity index (χ4v) is 2.14. The van der Waals surface area contributed by atoms with E-state index in [2.05, 4.69) is 18.3 Å². The van der Waals surface area contributed by atoms with Crippen LogP contribution in [0.4, 0.5) is 5.69 Å². The zero-order valence-electron chi connectivity index (χ0n) is 13.4. The maximum Gasteiger partial charge on any atom is 0.142 e. The molecule has 4 nitrogen and oxygen atoms in total. The van der Waals surface area contributed by atoms with Crippen LogP contribution in [0.15, 0.2) is 42.5 Å². The predicted molar refractivity (Wildman–Crippen MR) is 89.3 cm³/mol. The van der Waals surface area contributed by atoms with Gasteiger partial charge in [0.25, 0.3) is 0 Å². The lowest BCUT2D eigenvalue weighted by atomic mass is 10.2. The Morgan fingerprint density at radius 1 is 0.955 bits per heavy atom. The first-order valence-electron chi connectivity index (χ1n) is 7.38. The maximum absolute atomic E-state index is 5.73. The molecule has 0 unspecified atom stereocenters. The van der Waals surface area contributed by atoms with Gasteiger partial charge in [-0.25, -0.2) is 0 Å². The Balaban J connectivity index is 1.79. The van der Waals surface area contributed by atoms with Gasteiger partial charge in [0, 0.05) is 12.6 Å². The van der Waals surface area contributed by atoms with Crippen LogP contribution in [0.1, 0.15) is 12.0 Å². The SMILES string of the molecule is COc1ccc(OC)c(NCCCOc2cccc(C)c2)c1. The van der Waals surface area contributed by atoms with Crippen molar-refractivity contribution in [2.45, 2.75) is 13.3 Å². The Labute approximate surface area is 132 Å². The molecule has 0 spiro atoms. The number of hydrogen-bond donors (Lipinski definition) is 1. The van der Waals surface area contributed by atoms with Crippen LogP contribution in [-0.4, -0.2) is 27.4 Å². The standard InChI is InChI=1S/C18H23NO3/c1-14-6-4-7-16(12-14)22-11-5-10-19-17-13-15(20-2)8-9-18(17)21-3/h4,6-9,12-13,19H,5,10-11H2,1-3H3. The van der Waals surface area contributed by atoms with Gasteiger partial charge in [-0.1, -0.05) is 12.1 Å². The third-order valence-corrected chi connectivity index (χ3v) is 3.30. The molecule has 0 aliphatic carbocycles. The number of rotatable bonds is 8. The van der Waals surface area contributed by atoms with E-state index in [4.69, 9.17) is 14.2 Å². The van der Waals surface area contributed by atoms with E-state index in [1.54, 1.807) is 14.2 Å². The third kappa shape index (κ3) is 4.58. The quantitative estimate of drug-likeness (QED) is 0.751. The summed E-state index contributed by atoms with van der Waals surface area (Å²) >= 11 is 0. The van der Waals surface area contributed by atoms with Crippen LogP contribution in [0, 0.1) is 6.92 Å². The van der Waals surface area contributed by atoms with Gasteiger partial charge in [0.2, 0.25) is 0 Å². The minimum atomic E-state index is 0.669. The Hall–Kier alpha value is -2.36. The second kappa shape index (κ2) is 8.17. The molecule has 0 fully saturated rings.